The van der Waals surface area contributed by atoms with Gasteiger partial charge in [0, 0.05) is 18.8 Å². The quantitative estimate of drug-likeness (QED) is 0.222. The lowest BCUT2D eigenvalue weighted by Crippen LogP contribution is -2.42. The van der Waals surface area contributed by atoms with Gasteiger partial charge in [-0.15, -0.1) is 24.0 Å². The minimum absolute atomic E-state index is 0. The number of halogens is 1. The lowest BCUT2D eigenvalue weighted by atomic mass is 9.89. The van der Waals surface area contributed by atoms with Crippen molar-refractivity contribution in [3.63, 3.8) is 0 Å². The number of aliphatic imine (C=N–C) groups is 1. The molecule has 0 aliphatic rings. The molecule has 28 heavy (non-hydrogen) atoms. The first-order valence-electron chi connectivity index (χ1n) is 9.49. The molecule has 8 heteroatoms. The van der Waals surface area contributed by atoms with Crippen molar-refractivity contribution in [1.82, 2.24) is 10.6 Å². The zero-order valence-electron chi connectivity index (χ0n) is 17.9. The van der Waals surface area contributed by atoms with Gasteiger partial charge in [-0.1, -0.05) is 20.8 Å². The summed E-state index contributed by atoms with van der Waals surface area (Å²) in [6.07, 6.45) is 3.42. The molecule has 0 heterocycles. The number of benzene rings is 1. The van der Waals surface area contributed by atoms with Crippen molar-refractivity contribution in [1.29, 1.82) is 0 Å². The topological polar surface area (TPSA) is 79.8 Å². The summed E-state index contributed by atoms with van der Waals surface area (Å²) in [5.74, 6) is 1.42. The molecule has 0 spiro atoms. The van der Waals surface area contributed by atoms with Gasteiger partial charge < -0.3 is 15.4 Å². The van der Waals surface area contributed by atoms with Crippen LogP contribution < -0.4 is 15.4 Å². The maximum Gasteiger partial charge on any atom is 0.191 e. The van der Waals surface area contributed by atoms with Gasteiger partial charge in [0.2, 0.25) is 0 Å². The summed E-state index contributed by atoms with van der Waals surface area (Å²) in [4.78, 5) is 4.83. The standard InChI is InChI=1S/C20H35N3O3S.HI/c1-7-21-19(23-16(2)12-13-20(3,4)5)22-14-15-26-17-8-10-18(11-9-17)27(6,24)25;/h8-11,16H,7,12-15H2,1-6H3,(H2,21,22,23);1H. The van der Waals surface area contributed by atoms with Gasteiger partial charge in [0.05, 0.1) is 11.4 Å². The van der Waals surface area contributed by atoms with E-state index in [9.17, 15) is 8.42 Å². The van der Waals surface area contributed by atoms with Crippen LogP contribution in [0.15, 0.2) is 34.2 Å². The normalized spacial score (nSPS) is 13.4. The molecule has 0 saturated carbocycles. The number of rotatable bonds is 9. The summed E-state index contributed by atoms with van der Waals surface area (Å²) in [5, 5.41) is 6.68. The van der Waals surface area contributed by atoms with Crippen molar-refractivity contribution in [2.45, 2.75) is 58.4 Å². The monoisotopic (exact) mass is 525 g/mol. The Morgan fingerprint density at radius 2 is 1.82 bits per heavy atom. The van der Waals surface area contributed by atoms with Crippen LogP contribution in [0.25, 0.3) is 0 Å². The van der Waals surface area contributed by atoms with E-state index in [1.54, 1.807) is 24.3 Å². The summed E-state index contributed by atoms with van der Waals surface area (Å²) in [5.41, 5.74) is 0.325. The molecule has 0 aromatic heterocycles. The number of nitrogens with one attached hydrogen (secondary N) is 2. The molecule has 0 aliphatic heterocycles. The zero-order chi connectivity index (χ0) is 20.5. The molecule has 0 radical (unpaired) electrons. The molecule has 162 valence electrons. The maximum absolute atomic E-state index is 11.5. The molecule has 0 aliphatic carbocycles. The third kappa shape index (κ3) is 11.7. The number of hydrogen-bond acceptors (Lipinski definition) is 4. The Balaban J connectivity index is 0.00000729. The molecule has 0 amide bonds. The van der Waals surface area contributed by atoms with Crippen LogP contribution in [0.3, 0.4) is 0 Å². The van der Waals surface area contributed by atoms with Crippen molar-refractivity contribution in [3.05, 3.63) is 24.3 Å². The minimum Gasteiger partial charge on any atom is -0.492 e. The van der Waals surface area contributed by atoms with Crippen molar-refractivity contribution in [3.8, 4) is 5.75 Å². The lowest BCUT2D eigenvalue weighted by Gasteiger charge is -2.23. The number of ether oxygens (including phenoxy) is 1. The van der Waals surface area contributed by atoms with Gasteiger partial charge in [0.25, 0.3) is 0 Å². The van der Waals surface area contributed by atoms with Crippen molar-refractivity contribution < 1.29 is 13.2 Å². The van der Waals surface area contributed by atoms with Crippen LogP contribution in [0.2, 0.25) is 0 Å². The van der Waals surface area contributed by atoms with E-state index in [0.29, 0.717) is 30.4 Å². The fourth-order valence-electron chi connectivity index (χ4n) is 2.38. The average molecular weight is 525 g/mol. The van der Waals surface area contributed by atoms with E-state index in [4.69, 9.17) is 4.74 Å². The zero-order valence-corrected chi connectivity index (χ0v) is 21.1. The Hall–Kier alpha value is -1.03. The van der Waals surface area contributed by atoms with Gasteiger partial charge in [-0.3, -0.25) is 0 Å². The first-order valence-corrected chi connectivity index (χ1v) is 11.4. The summed E-state index contributed by atoms with van der Waals surface area (Å²) in [6, 6.07) is 6.77. The number of guanidine groups is 1. The molecule has 6 nitrogen and oxygen atoms in total. The number of nitrogens with zero attached hydrogens (tertiary/aromatic N) is 1. The molecule has 0 fully saturated rings. The predicted molar refractivity (Wildman–Crippen MR) is 128 cm³/mol. The van der Waals surface area contributed by atoms with Crippen molar-refractivity contribution in [2.24, 2.45) is 10.4 Å². The first-order chi connectivity index (χ1) is 12.5. The molecular weight excluding hydrogens is 489 g/mol. The van der Waals surface area contributed by atoms with Crippen LogP contribution >= 0.6 is 24.0 Å². The molecule has 0 bridgehead atoms. The van der Waals surface area contributed by atoms with Gasteiger partial charge >= 0.3 is 0 Å². The summed E-state index contributed by atoms with van der Waals surface area (Å²) >= 11 is 0. The van der Waals surface area contributed by atoms with Gasteiger partial charge in [0.15, 0.2) is 15.8 Å². The Kier molecular flexibility index (Phi) is 12.1. The Bertz CT molecular complexity index is 698. The van der Waals surface area contributed by atoms with Crippen LogP contribution in [-0.2, 0) is 9.84 Å². The second-order valence-electron chi connectivity index (χ2n) is 8.00. The Morgan fingerprint density at radius 1 is 1.21 bits per heavy atom. The summed E-state index contributed by atoms with van der Waals surface area (Å²) < 4.78 is 28.6. The molecule has 1 atom stereocenters. The van der Waals surface area contributed by atoms with Gasteiger partial charge in [-0.05, 0) is 56.4 Å². The average Bonchev–Trinajstić information content (AvgIpc) is 2.56. The number of hydrogen-bond donors (Lipinski definition) is 2. The number of sulfone groups is 1. The van der Waals surface area contributed by atoms with Crippen molar-refractivity contribution in [2.75, 3.05) is 26.0 Å². The first kappa shape index (κ1) is 27.0. The van der Waals surface area contributed by atoms with Crippen LogP contribution in [0.5, 0.6) is 5.75 Å². The highest BCUT2D eigenvalue weighted by Gasteiger charge is 2.13. The van der Waals surface area contributed by atoms with E-state index in [1.165, 1.54) is 6.26 Å². The lowest BCUT2D eigenvalue weighted by molar-refractivity contribution is 0.327. The second-order valence-corrected chi connectivity index (χ2v) is 10.0. The molecule has 0 saturated heterocycles. The van der Waals surface area contributed by atoms with Gasteiger partial charge in [0.1, 0.15) is 12.4 Å². The van der Waals surface area contributed by atoms with Gasteiger partial charge in [-0.2, -0.15) is 0 Å². The molecular formula is C20H36IN3O3S. The van der Waals surface area contributed by atoms with E-state index in [0.717, 1.165) is 25.3 Å². The van der Waals surface area contributed by atoms with Gasteiger partial charge in [-0.25, -0.2) is 13.4 Å². The largest absolute Gasteiger partial charge is 0.492 e. The Labute approximate surface area is 187 Å². The van der Waals surface area contributed by atoms with Crippen LogP contribution in [0, 0.1) is 5.41 Å². The predicted octanol–water partition coefficient (Wildman–Crippen LogP) is 3.86. The third-order valence-electron chi connectivity index (χ3n) is 3.94. The fraction of sp³-hybridized carbons (Fsp3) is 0.650. The highest BCUT2D eigenvalue weighted by Crippen LogP contribution is 2.21. The minimum atomic E-state index is -3.18. The van der Waals surface area contributed by atoms with E-state index in [2.05, 4.69) is 43.3 Å². The van der Waals surface area contributed by atoms with E-state index in [-0.39, 0.29) is 28.9 Å². The molecule has 1 aromatic rings. The van der Waals surface area contributed by atoms with E-state index < -0.39 is 9.84 Å². The third-order valence-corrected chi connectivity index (χ3v) is 5.06. The Morgan fingerprint density at radius 3 is 2.32 bits per heavy atom. The van der Waals surface area contributed by atoms with Crippen LogP contribution in [-0.4, -0.2) is 46.4 Å². The maximum atomic E-state index is 11.5. The highest BCUT2D eigenvalue weighted by atomic mass is 127. The van der Waals surface area contributed by atoms with Crippen LogP contribution in [0.4, 0.5) is 0 Å². The molecule has 1 unspecified atom stereocenters. The molecule has 1 aromatic carbocycles. The van der Waals surface area contributed by atoms with Crippen LogP contribution in [0.1, 0.15) is 47.5 Å². The molecule has 1 rings (SSSR count). The van der Waals surface area contributed by atoms with E-state index in [1.807, 2.05) is 6.92 Å². The SMILES string of the molecule is CCNC(=NCCOc1ccc(S(C)(=O)=O)cc1)NC(C)CCC(C)(C)C.I. The van der Waals surface area contributed by atoms with E-state index >= 15 is 0 Å². The summed E-state index contributed by atoms with van der Waals surface area (Å²) in [7, 11) is -3.18. The highest BCUT2D eigenvalue weighted by molar-refractivity contribution is 14.0. The smallest absolute Gasteiger partial charge is 0.191 e. The fourth-order valence-corrected chi connectivity index (χ4v) is 3.01. The second kappa shape index (κ2) is 12.5. The summed E-state index contributed by atoms with van der Waals surface area (Å²) in [6.45, 7) is 12.7. The molecule has 2 N–H and O–H groups in total. The van der Waals surface area contributed by atoms with Crippen molar-refractivity contribution >= 4 is 39.8 Å².